The first-order valence-corrected chi connectivity index (χ1v) is 6.07. The molecule has 0 spiro atoms. The van der Waals surface area contributed by atoms with Crippen LogP contribution in [0.1, 0.15) is 31.7 Å². The van der Waals surface area contributed by atoms with Gasteiger partial charge in [0.2, 0.25) is 0 Å². The molecule has 1 aromatic rings. The van der Waals surface area contributed by atoms with Crippen molar-refractivity contribution in [2.75, 3.05) is 14.2 Å². The van der Waals surface area contributed by atoms with Crippen molar-refractivity contribution in [1.29, 1.82) is 0 Å². The number of nitrogens with two attached hydrogens (primary N) is 1. The molecule has 0 radical (unpaired) electrons. The van der Waals surface area contributed by atoms with E-state index in [1.165, 1.54) is 5.56 Å². The van der Waals surface area contributed by atoms with E-state index in [-0.39, 0.29) is 5.41 Å². The average molecular weight is 235 g/mol. The lowest BCUT2D eigenvalue weighted by molar-refractivity contribution is 0.352. The second kappa shape index (κ2) is 4.57. The molecule has 0 heterocycles. The van der Waals surface area contributed by atoms with E-state index >= 15 is 0 Å². The van der Waals surface area contributed by atoms with Crippen LogP contribution in [0.15, 0.2) is 18.2 Å². The van der Waals surface area contributed by atoms with Crippen molar-refractivity contribution < 1.29 is 9.47 Å². The molecular weight excluding hydrogens is 214 g/mol. The van der Waals surface area contributed by atoms with Crippen molar-refractivity contribution in [2.24, 2.45) is 5.73 Å². The second-order valence-electron chi connectivity index (χ2n) is 5.13. The minimum Gasteiger partial charge on any atom is -0.493 e. The number of hydrogen-bond acceptors (Lipinski definition) is 3. The lowest BCUT2D eigenvalue weighted by Crippen LogP contribution is -2.22. The maximum Gasteiger partial charge on any atom is 0.161 e. The van der Waals surface area contributed by atoms with E-state index in [0.29, 0.717) is 6.04 Å². The van der Waals surface area contributed by atoms with E-state index in [0.717, 1.165) is 30.8 Å². The summed E-state index contributed by atoms with van der Waals surface area (Å²) >= 11 is 0. The Labute approximate surface area is 103 Å². The molecule has 0 aromatic heterocycles. The van der Waals surface area contributed by atoms with Gasteiger partial charge in [-0.15, -0.1) is 0 Å². The zero-order valence-corrected chi connectivity index (χ0v) is 10.8. The third-order valence-electron chi connectivity index (χ3n) is 3.86. The zero-order chi connectivity index (χ0) is 12.5. The number of benzene rings is 1. The van der Waals surface area contributed by atoms with Crippen LogP contribution < -0.4 is 15.2 Å². The number of ether oxygens (including phenoxy) is 2. The molecule has 1 saturated carbocycles. The first kappa shape index (κ1) is 12.2. The minimum atomic E-state index is 0.180. The zero-order valence-electron chi connectivity index (χ0n) is 10.8. The summed E-state index contributed by atoms with van der Waals surface area (Å²) in [6.07, 6.45) is 3.29. The van der Waals surface area contributed by atoms with Gasteiger partial charge in [-0.05, 0) is 42.4 Å². The van der Waals surface area contributed by atoms with Crippen LogP contribution in [0, 0.1) is 0 Å². The standard InChI is InChI=1S/C14H21NO2/c1-14(7-6-11(15)9-14)10-4-5-12(16-2)13(8-10)17-3/h4-5,8,11H,6-7,9,15H2,1-3H3. The molecule has 1 aromatic carbocycles. The van der Waals surface area contributed by atoms with Gasteiger partial charge in [-0.25, -0.2) is 0 Å². The molecule has 1 aliphatic carbocycles. The molecule has 2 N–H and O–H groups in total. The van der Waals surface area contributed by atoms with E-state index in [4.69, 9.17) is 15.2 Å². The molecule has 0 bridgehead atoms. The highest BCUT2D eigenvalue weighted by molar-refractivity contribution is 5.45. The van der Waals surface area contributed by atoms with Gasteiger partial charge in [0.1, 0.15) is 0 Å². The van der Waals surface area contributed by atoms with Crippen LogP contribution in [0.3, 0.4) is 0 Å². The maximum atomic E-state index is 6.02. The van der Waals surface area contributed by atoms with Gasteiger partial charge in [-0.2, -0.15) is 0 Å². The van der Waals surface area contributed by atoms with Crippen molar-refractivity contribution in [3.63, 3.8) is 0 Å². The molecule has 0 saturated heterocycles. The molecule has 3 nitrogen and oxygen atoms in total. The molecule has 2 unspecified atom stereocenters. The summed E-state index contributed by atoms with van der Waals surface area (Å²) in [5.74, 6) is 1.58. The Morgan fingerprint density at radius 1 is 1.24 bits per heavy atom. The normalized spacial score (nSPS) is 28.1. The summed E-state index contributed by atoms with van der Waals surface area (Å²) in [4.78, 5) is 0. The molecule has 2 atom stereocenters. The van der Waals surface area contributed by atoms with Gasteiger partial charge in [0.25, 0.3) is 0 Å². The monoisotopic (exact) mass is 235 g/mol. The molecule has 0 amide bonds. The first-order valence-electron chi connectivity index (χ1n) is 6.07. The molecule has 17 heavy (non-hydrogen) atoms. The Kier molecular flexibility index (Phi) is 3.29. The molecule has 94 valence electrons. The maximum absolute atomic E-state index is 6.02. The molecule has 1 fully saturated rings. The van der Waals surface area contributed by atoms with E-state index in [2.05, 4.69) is 19.1 Å². The highest BCUT2D eigenvalue weighted by Gasteiger charge is 2.35. The molecule has 2 rings (SSSR count). The van der Waals surface area contributed by atoms with Crippen LogP contribution >= 0.6 is 0 Å². The summed E-state index contributed by atoms with van der Waals surface area (Å²) in [6.45, 7) is 2.28. The minimum absolute atomic E-state index is 0.180. The van der Waals surface area contributed by atoms with Gasteiger partial charge in [0.15, 0.2) is 11.5 Å². The Morgan fingerprint density at radius 3 is 2.47 bits per heavy atom. The van der Waals surface area contributed by atoms with Gasteiger partial charge in [-0.3, -0.25) is 0 Å². The largest absolute Gasteiger partial charge is 0.493 e. The molecular formula is C14H21NO2. The number of rotatable bonds is 3. The Bertz CT molecular complexity index is 405. The summed E-state index contributed by atoms with van der Waals surface area (Å²) in [7, 11) is 3.33. The topological polar surface area (TPSA) is 44.5 Å². The third kappa shape index (κ3) is 2.25. The summed E-state index contributed by atoms with van der Waals surface area (Å²) in [5.41, 5.74) is 7.49. The molecule has 0 aliphatic heterocycles. The third-order valence-corrected chi connectivity index (χ3v) is 3.86. The van der Waals surface area contributed by atoms with Crippen LogP contribution in [0.25, 0.3) is 0 Å². The van der Waals surface area contributed by atoms with Crippen LogP contribution in [0.4, 0.5) is 0 Å². The molecule has 1 aliphatic rings. The van der Waals surface area contributed by atoms with E-state index < -0.39 is 0 Å². The smallest absolute Gasteiger partial charge is 0.161 e. The van der Waals surface area contributed by atoms with Gasteiger partial charge < -0.3 is 15.2 Å². The van der Waals surface area contributed by atoms with Crippen molar-refractivity contribution in [3.05, 3.63) is 23.8 Å². The lowest BCUT2D eigenvalue weighted by atomic mass is 9.80. The van der Waals surface area contributed by atoms with Crippen molar-refractivity contribution >= 4 is 0 Å². The first-order chi connectivity index (χ1) is 8.09. The summed E-state index contributed by atoms with van der Waals surface area (Å²) < 4.78 is 10.6. The van der Waals surface area contributed by atoms with E-state index in [9.17, 15) is 0 Å². The fraction of sp³-hybridized carbons (Fsp3) is 0.571. The van der Waals surface area contributed by atoms with Gasteiger partial charge in [0.05, 0.1) is 14.2 Å². The van der Waals surface area contributed by atoms with Crippen molar-refractivity contribution in [3.8, 4) is 11.5 Å². The van der Waals surface area contributed by atoms with E-state index in [1.54, 1.807) is 14.2 Å². The Hall–Kier alpha value is -1.22. The average Bonchev–Trinajstić information content (AvgIpc) is 2.69. The Morgan fingerprint density at radius 2 is 1.94 bits per heavy atom. The number of methoxy groups -OCH3 is 2. The predicted octanol–water partition coefficient (Wildman–Crippen LogP) is 2.47. The summed E-state index contributed by atoms with van der Waals surface area (Å²) in [6, 6.07) is 6.51. The van der Waals surface area contributed by atoms with Gasteiger partial charge in [-0.1, -0.05) is 13.0 Å². The summed E-state index contributed by atoms with van der Waals surface area (Å²) in [5, 5.41) is 0. The van der Waals surface area contributed by atoms with Crippen LogP contribution in [0.2, 0.25) is 0 Å². The SMILES string of the molecule is COc1ccc(C2(C)CCC(N)C2)cc1OC. The highest BCUT2D eigenvalue weighted by Crippen LogP contribution is 2.42. The van der Waals surface area contributed by atoms with E-state index in [1.807, 2.05) is 6.07 Å². The Balaban J connectivity index is 2.33. The fourth-order valence-electron chi connectivity index (χ4n) is 2.76. The lowest BCUT2D eigenvalue weighted by Gasteiger charge is -2.25. The second-order valence-corrected chi connectivity index (χ2v) is 5.13. The number of hydrogen-bond donors (Lipinski definition) is 1. The van der Waals surface area contributed by atoms with Crippen LogP contribution in [-0.4, -0.2) is 20.3 Å². The van der Waals surface area contributed by atoms with Crippen molar-refractivity contribution in [2.45, 2.75) is 37.6 Å². The van der Waals surface area contributed by atoms with Crippen LogP contribution in [0.5, 0.6) is 11.5 Å². The predicted molar refractivity (Wildman–Crippen MR) is 68.7 cm³/mol. The van der Waals surface area contributed by atoms with Gasteiger partial charge >= 0.3 is 0 Å². The van der Waals surface area contributed by atoms with Crippen molar-refractivity contribution in [1.82, 2.24) is 0 Å². The highest BCUT2D eigenvalue weighted by atomic mass is 16.5. The van der Waals surface area contributed by atoms with Crippen LogP contribution in [-0.2, 0) is 5.41 Å². The molecule has 3 heteroatoms. The fourth-order valence-corrected chi connectivity index (χ4v) is 2.76. The quantitative estimate of drug-likeness (QED) is 0.875. The van der Waals surface area contributed by atoms with Gasteiger partial charge in [0, 0.05) is 6.04 Å².